The molecule has 1 aliphatic rings. The summed E-state index contributed by atoms with van der Waals surface area (Å²) in [6, 6.07) is 0. The Balaban J connectivity index is 2.42. The fourth-order valence-corrected chi connectivity index (χ4v) is 1.71. The minimum absolute atomic E-state index is 0.475. The van der Waals surface area contributed by atoms with Gasteiger partial charge in [-0.15, -0.1) is 0 Å². The molecular weight excluding hydrogens is 168 g/mol. The predicted octanol–water partition coefficient (Wildman–Crippen LogP) is -0.291. The van der Waals surface area contributed by atoms with Gasteiger partial charge in [0, 0.05) is 13.1 Å². The summed E-state index contributed by atoms with van der Waals surface area (Å²) in [6.07, 6.45) is 2.06. The van der Waals surface area contributed by atoms with Gasteiger partial charge >= 0.3 is 0 Å². The fourth-order valence-electron chi connectivity index (χ4n) is 1.71. The number of likely N-dealkylation sites (tertiary alicyclic amines) is 1. The molecule has 0 saturated carbocycles. The van der Waals surface area contributed by atoms with E-state index in [0.717, 1.165) is 26.1 Å². The van der Waals surface area contributed by atoms with Gasteiger partial charge in [0.05, 0.1) is 0 Å². The van der Waals surface area contributed by atoms with Crippen molar-refractivity contribution in [1.82, 2.24) is 4.90 Å². The molecule has 0 aromatic rings. The largest absolute Gasteiger partial charge is 0.380 e. The summed E-state index contributed by atoms with van der Waals surface area (Å²) in [7, 11) is 0. The zero-order valence-corrected chi connectivity index (χ0v) is 8.12. The molecule has 0 radical (unpaired) electrons. The van der Waals surface area contributed by atoms with Crippen molar-refractivity contribution in [3.63, 3.8) is 0 Å². The Morgan fingerprint density at radius 2 is 2.08 bits per heavy atom. The van der Waals surface area contributed by atoms with E-state index in [1.165, 1.54) is 0 Å². The van der Waals surface area contributed by atoms with Crippen molar-refractivity contribution < 1.29 is 9.90 Å². The van der Waals surface area contributed by atoms with Crippen molar-refractivity contribution in [2.24, 2.45) is 5.73 Å². The third kappa shape index (κ3) is 2.42. The van der Waals surface area contributed by atoms with E-state index in [1.54, 1.807) is 0 Å². The molecule has 1 amide bonds. The summed E-state index contributed by atoms with van der Waals surface area (Å²) in [4.78, 5) is 13.1. The van der Waals surface area contributed by atoms with Crippen molar-refractivity contribution in [3.05, 3.63) is 0 Å². The van der Waals surface area contributed by atoms with Crippen molar-refractivity contribution in [3.8, 4) is 0 Å². The molecule has 0 aromatic carbocycles. The molecule has 1 saturated heterocycles. The Labute approximate surface area is 78.7 Å². The van der Waals surface area contributed by atoms with Gasteiger partial charge in [-0.2, -0.15) is 0 Å². The summed E-state index contributed by atoms with van der Waals surface area (Å²) >= 11 is 0. The number of carbonyl (C=O) groups excluding carboxylic acids is 1. The maximum absolute atomic E-state index is 10.9. The second kappa shape index (κ2) is 4.07. The van der Waals surface area contributed by atoms with Crippen molar-refractivity contribution in [2.45, 2.75) is 31.8 Å². The minimum atomic E-state index is -1.25. The monoisotopic (exact) mass is 186 g/mol. The highest BCUT2D eigenvalue weighted by molar-refractivity contribution is 5.83. The smallest absolute Gasteiger partial charge is 0.249 e. The van der Waals surface area contributed by atoms with E-state index in [9.17, 15) is 9.90 Å². The third-order valence-electron chi connectivity index (χ3n) is 2.68. The van der Waals surface area contributed by atoms with Gasteiger partial charge in [-0.3, -0.25) is 4.79 Å². The van der Waals surface area contributed by atoms with Crippen LogP contribution in [-0.2, 0) is 4.79 Å². The summed E-state index contributed by atoms with van der Waals surface area (Å²) in [6.45, 7) is 4.70. The van der Waals surface area contributed by atoms with Gasteiger partial charge in [0.2, 0.25) is 5.91 Å². The SMILES string of the molecule is CCCN1CCC(O)(C(N)=O)CC1. The summed E-state index contributed by atoms with van der Waals surface area (Å²) in [5, 5.41) is 9.73. The van der Waals surface area contributed by atoms with Crippen LogP contribution >= 0.6 is 0 Å². The Bertz CT molecular complexity index is 186. The molecule has 13 heavy (non-hydrogen) atoms. The topological polar surface area (TPSA) is 66.6 Å². The lowest BCUT2D eigenvalue weighted by Crippen LogP contribution is -2.52. The molecule has 3 N–H and O–H groups in total. The number of amides is 1. The Hall–Kier alpha value is -0.610. The van der Waals surface area contributed by atoms with Gasteiger partial charge in [0.15, 0.2) is 0 Å². The van der Waals surface area contributed by atoms with E-state index >= 15 is 0 Å². The van der Waals surface area contributed by atoms with Gasteiger partial charge < -0.3 is 15.7 Å². The number of hydrogen-bond acceptors (Lipinski definition) is 3. The number of primary amides is 1. The molecule has 1 rings (SSSR count). The molecule has 1 fully saturated rings. The predicted molar refractivity (Wildman–Crippen MR) is 50.1 cm³/mol. The van der Waals surface area contributed by atoms with Crippen LogP contribution in [0.4, 0.5) is 0 Å². The lowest BCUT2D eigenvalue weighted by Gasteiger charge is -2.35. The molecule has 4 nitrogen and oxygen atoms in total. The van der Waals surface area contributed by atoms with E-state index in [-0.39, 0.29) is 0 Å². The third-order valence-corrected chi connectivity index (χ3v) is 2.68. The fraction of sp³-hybridized carbons (Fsp3) is 0.889. The molecule has 0 unspecified atom stereocenters. The van der Waals surface area contributed by atoms with E-state index in [0.29, 0.717) is 12.8 Å². The highest BCUT2D eigenvalue weighted by atomic mass is 16.3. The van der Waals surface area contributed by atoms with Gasteiger partial charge in [-0.05, 0) is 25.8 Å². The number of hydrogen-bond donors (Lipinski definition) is 2. The number of nitrogens with two attached hydrogens (primary N) is 1. The van der Waals surface area contributed by atoms with E-state index < -0.39 is 11.5 Å². The highest BCUT2D eigenvalue weighted by Gasteiger charge is 2.37. The molecule has 0 atom stereocenters. The molecule has 4 heteroatoms. The second-order valence-corrected chi connectivity index (χ2v) is 3.74. The quantitative estimate of drug-likeness (QED) is 0.636. The van der Waals surface area contributed by atoms with Crippen LogP contribution in [0.25, 0.3) is 0 Å². The van der Waals surface area contributed by atoms with Crippen LogP contribution in [0.1, 0.15) is 26.2 Å². The Morgan fingerprint density at radius 1 is 1.54 bits per heavy atom. The average molecular weight is 186 g/mol. The lowest BCUT2D eigenvalue weighted by molar-refractivity contribution is -0.141. The van der Waals surface area contributed by atoms with Crippen molar-refractivity contribution in [1.29, 1.82) is 0 Å². The second-order valence-electron chi connectivity index (χ2n) is 3.74. The standard InChI is InChI=1S/C9H18N2O2/c1-2-5-11-6-3-9(13,4-7-11)8(10)12/h13H,2-7H2,1H3,(H2,10,12). The normalized spacial score (nSPS) is 22.9. The van der Waals surface area contributed by atoms with Crippen molar-refractivity contribution in [2.75, 3.05) is 19.6 Å². The first kappa shape index (κ1) is 10.5. The number of piperidine rings is 1. The maximum atomic E-state index is 10.9. The summed E-state index contributed by atoms with van der Waals surface area (Å²) in [5.41, 5.74) is 3.87. The van der Waals surface area contributed by atoms with E-state index in [4.69, 9.17) is 5.73 Å². The molecule has 76 valence electrons. The number of carbonyl (C=O) groups is 1. The molecule has 1 heterocycles. The van der Waals surface area contributed by atoms with Crippen LogP contribution in [0, 0.1) is 0 Å². The first-order chi connectivity index (χ1) is 6.08. The van der Waals surface area contributed by atoms with Crippen LogP contribution in [0.5, 0.6) is 0 Å². The van der Waals surface area contributed by atoms with E-state index in [1.807, 2.05) is 0 Å². The van der Waals surface area contributed by atoms with Gasteiger partial charge in [-0.1, -0.05) is 6.92 Å². The zero-order valence-electron chi connectivity index (χ0n) is 8.12. The van der Waals surface area contributed by atoms with Crippen LogP contribution in [-0.4, -0.2) is 41.1 Å². The lowest BCUT2D eigenvalue weighted by atomic mass is 9.91. The first-order valence-electron chi connectivity index (χ1n) is 4.83. The van der Waals surface area contributed by atoms with Crippen LogP contribution in [0.2, 0.25) is 0 Å². The Morgan fingerprint density at radius 3 is 2.46 bits per heavy atom. The average Bonchev–Trinajstić information content (AvgIpc) is 2.09. The van der Waals surface area contributed by atoms with E-state index in [2.05, 4.69) is 11.8 Å². The van der Waals surface area contributed by atoms with Crippen molar-refractivity contribution >= 4 is 5.91 Å². The molecule has 0 aromatic heterocycles. The maximum Gasteiger partial charge on any atom is 0.249 e. The first-order valence-corrected chi connectivity index (χ1v) is 4.83. The van der Waals surface area contributed by atoms with Gasteiger partial charge in [0.1, 0.15) is 5.60 Å². The summed E-state index contributed by atoms with van der Waals surface area (Å²) < 4.78 is 0. The minimum Gasteiger partial charge on any atom is -0.380 e. The molecule has 0 spiro atoms. The number of nitrogens with zero attached hydrogens (tertiary/aromatic N) is 1. The Kier molecular flexibility index (Phi) is 3.27. The number of rotatable bonds is 3. The van der Waals surface area contributed by atoms with Crippen LogP contribution in [0.3, 0.4) is 0 Å². The van der Waals surface area contributed by atoms with Gasteiger partial charge in [-0.25, -0.2) is 0 Å². The molecule has 0 bridgehead atoms. The van der Waals surface area contributed by atoms with Gasteiger partial charge in [0.25, 0.3) is 0 Å². The molecular formula is C9H18N2O2. The van der Waals surface area contributed by atoms with Crippen LogP contribution < -0.4 is 5.73 Å². The highest BCUT2D eigenvalue weighted by Crippen LogP contribution is 2.21. The molecule has 1 aliphatic heterocycles. The zero-order chi connectivity index (χ0) is 9.90. The van der Waals surface area contributed by atoms with Crippen LogP contribution in [0.15, 0.2) is 0 Å². The number of aliphatic hydroxyl groups is 1. The molecule has 0 aliphatic carbocycles. The summed E-state index contributed by atoms with van der Waals surface area (Å²) in [5.74, 6) is -0.580.